The third kappa shape index (κ3) is 9.79. The predicted octanol–water partition coefficient (Wildman–Crippen LogP) is 5.79. The number of carbonyl (C=O) groups is 6. The Morgan fingerprint density at radius 3 is 2.16 bits per heavy atom. The van der Waals surface area contributed by atoms with E-state index in [0.29, 0.717) is 71.0 Å². The number of nitrogens with two attached hydrogens (primary N) is 1. The molecule has 0 saturated carbocycles. The number of aldehydes is 2. The summed E-state index contributed by atoms with van der Waals surface area (Å²) in [5, 5.41) is 12.9. The van der Waals surface area contributed by atoms with Crippen LogP contribution in [-0.4, -0.2) is 76.8 Å². The van der Waals surface area contributed by atoms with E-state index in [0.717, 1.165) is 24.0 Å². The van der Waals surface area contributed by atoms with Crippen molar-refractivity contribution in [2.45, 2.75) is 49.4 Å². The van der Waals surface area contributed by atoms with E-state index in [1.807, 2.05) is 48.5 Å². The number of nitrogens with one attached hydrogen (secondary N) is 2. The number of amides is 2. The second kappa shape index (κ2) is 18.9. The predicted molar refractivity (Wildman–Crippen MR) is 220 cm³/mol. The number of aromatic nitrogens is 1. The molecule has 0 radical (unpaired) electrons. The van der Waals surface area contributed by atoms with Crippen LogP contribution in [0.1, 0.15) is 40.7 Å². The molecule has 7 rings (SSSR count). The van der Waals surface area contributed by atoms with Gasteiger partial charge >= 0.3 is 18.1 Å². The molecule has 2 atom stereocenters. The fourth-order valence-electron chi connectivity index (χ4n) is 7.10. The van der Waals surface area contributed by atoms with Crippen molar-refractivity contribution in [2.24, 2.45) is 0 Å². The van der Waals surface area contributed by atoms with E-state index in [1.54, 1.807) is 71.8 Å². The SMILES string of the molecule is Nc1ncccc1OCCCCc1ccc2c(c1)C(=O)NCC(=O)N2c1ccc(C[C@@]2(C(=O)Oc3ccccc3)NC2(C=O)CC=O)cc1-c1ccccc1.O=C(O)C(F)(F)F. The van der Waals surface area contributed by atoms with Gasteiger partial charge in [-0.05, 0) is 84.5 Å². The number of ether oxygens (including phenoxy) is 2. The van der Waals surface area contributed by atoms with Crippen molar-refractivity contribution in [2.75, 3.05) is 23.8 Å². The van der Waals surface area contributed by atoms with Crippen LogP contribution < -0.4 is 30.7 Å². The van der Waals surface area contributed by atoms with E-state index >= 15 is 0 Å². The Balaban J connectivity index is 0.000000845. The number of rotatable bonds is 15. The number of pyridine rings is 1. The monoisotopic (exact) mass is 851 g/mol. The van der Waals surface area contributed by atoms with Gasteiger partial charge in [-0.25, -0.2) is 14.6 Å². The van der Waals surface area contributed by atoms with Crippen LogP contribution in [0.2, 0.25) is 0 Å². The van der Waals surface area contributed by atoms with Gasteiger partial charge in [-0.3, -0.25) is 19.8 Å². The summed E-state index contributed by atoms with van der Waals surface area (Å²) in [5.74, 6) is -2.97. The molecular weight excluding hydrogens is 812 g/mol. The maximum Gasteiger partial charge on any atom is 0.490 e. The standard InChI is InChI=1S/C43H39N5O7.C2HF3O2/c44-39-37(15-9-21-45-39)54-23-8-7-10-29-16-18-36-34(24-29)40(52)46-27-38(51)48(36)35-19-17-30(25-33(35)31-11-3-1-4-12-31)26-43(42(28-50,47-43)20-22-49)41(53)55-32-13-5-2-6-14-32;3-2(4,5)1(6)7/h1-6,9,11-19,21-22,24-25,28,47H,7-8,10,20,23,26-27H2,(H2,44,45)(H,46,52);(H,6,7)/t42?,43-;/m0./s1. The van der Waals surface area contributed by atoms with Crippen molar-refractivity contribution in [3.8, 4) is 22.6 Å². The van der Waals surface area contributed by atoms with E-state index in [-0.39, 0.29) is 31.2 Å². The van der Waals surface area contributed by atoms with Gasteiger partial charge in [-0.2, -0.15) is 13.2 Å². The lowest BCUT2D eigenvalue weighted by Gasteiger charge is -2.26. The van der Waals surface area contributed by atoms with E-state index in [9.17, 15) is 37.1 Å². The van der Waals surface area contributed by atoms with E-state index < -0.39 is 29.2 Å². The average Bonchev–Trinajstić information content (AvgIpc) is 3.94. The molecule has 1 unspecified atom stereocenters. The third-order valence-electron chi connectivity index (χ3n) is 10.3. The van der Waals surface area contributed by atoms with Gasteiger partial charge in [0.05, 0.1) is 30.1 Å². The molecule has 5 N–H and O–H groups in total. The van der Waals surface area contributed by atoms with Gasteiger partial charge in [0.2, 0.25) is 0 Å². The number of carboxylic acids is 1. The fourth-order valence-corrected chi connectivity index (χ4v) is 7.10. The number of hydrogen-bond donors (Lipinski definition) is 4. The number of aliphatic carboxylic acids is 1. The van der Waals surface area contributed by atoms with Crippen LogP contribution >= 0.6 is 0 Å². The van der Waals surface area contributed by atoms with Gasteiger partial charge in [0.15, 0.2) is 11.6 Å². The number of carbonyl (C=O) groups excluding carboxylic acids is 5. The molecule has 62 heavy (non-hydrogen) atoms. The highest BCUT2D eigenvalue weighted by molar-refractivity contribution is 6.14. The first-order valence-electron chi connectivity index (χ1n) is 19.2. The quantitative estimate of drug-likeness (QED) is 0.0324. The fraction of sp³-hybridized carbons (Fsp3) is 0.222. The molecule has 1 fully saturated rings. The number of fused-ring (bicyclic) bond motifs is 1. The molecule has 0 bridgehead atoms. The van der Waals surface area contributed by atoms with Crippen molar-refractivity contribution < 1.29 is 56.5 Å². The molecule has 1 saturated heterocycles. The molecular formula is C45H40F3N5O9. The summed E-state index contributed by atoms with van der Waals surface area (Å²) >= 11 is 0. The number of nitrogen functional groups attached to an aromatic ring is 1. The molecule has 2 aliphatic heterocycles. The van der Waals surface area contributed by atoms with Gasteiger partial charge in [-0.1, -0.05) is 60.7 Å². The second-order valence-electron chi connectivity index (χ2n) is 14.3. The zero-order valence-corrected chi connectivity index (χ0v) is 32.9. The van der Waals surface area contributed by atoms with Crippen LogP contribution in [-0.2, 0) is 36.8 Å². The highest BCUT2D eigenvalue weighted by Crippen LogP contribution is 2.45. The number of hydrogen-bond acceptors (Lipinski definition) is 11. The van der Waals surface area contributed by atoms with E-state index in [2.05, 4.69) is 15.6 Å². The maximum absolute atomic E-state index is 13.9. The number of nitrogens with zero attached hydrogens (tertiary/aromatic N) is 2. The Kier molecular flexibility index (Phi) is 13.5. The Hall–Kier alpha value is -7.40. The molecule has 3 heterocycles. The Bertz CT molecular complexity index is 2470. The number of aryl methyl sites for hydroxylation is 1. The summed E-state index contributed by atoms with van der Waals surface area (Å²) in [7, 11) is 0. The highest BCUT2D eigenvalue weighted by Gasteiger charge is 2.73. The topological polar surface area (TPSA) is 217 Å². The molecule has 4 aromatic carbocycles. The zero-order valence-electron chi connectivity index (χ0n) is 32.9. The highest BCUT2D eigenvalue weighted by atomic mass is 19.4. The van der Waals surface area contributed by atoms with E-state index in [1.165, 1.54) is 0 Å². The Morgan fingerprint density at radius 2 is 1.52 bits per heavy atom. The number of para-hydroxylation sites is 1. The number of alkyl halides is 3. The lowest BCUT2D eigenvalue weighted by Crippen LogP contribution is -2.41. The van der Waals surface area contributed by atoms with Crippen molar-refractivity contribution in [1.29, 1.82) is 0 Å². The van der Waals surface area contributed by atoms with Crippen LogP contribution in [0.25, 0.3) is 11.1 Å². The van der Waals surface area contributed by atoms with E-state index in [4.69, 9.17) is 25.1 Å². The lowest BCUT2D eigenvalue weighted by molar-refractivity contribution is -0.192. The minimum absolute atomic E-state index is 0.0138. The Morgan fingerprint density at radius 1 is 0.871 bits per heavy atom. The van der Waals surface area contributed by atoms with Crippen molar-refractivity contribution >= 4 is 53.5 Å². The van der Waals surface area contributed by atoms with Gasteiger partial charge in [-0.15, -0.1) is 0 Å². The summed E-state index contributed by atoms with van der Waals surface area (Å²) in [6.45, 7) is 0.236. The molecule has 2 aliphatic rings. The molecule has 0 aliphatic carbocycles. The molecule has 14 nitrogen and oxygen atoms in total. The van der Waals surface area contributed by atoms with Gasteiger partial charge in [0.25, 0.3) is 11.8 Å². The van der Waals surface area contributed by atoms with Crippen LogP contribution in [0.5, 0.6) is 11.5 Å². The van der Waals surface area contributed by atoms with Crippen molar-refractivity contribution in [3.05, 3.63) is 132 Å². The molecule has 1 aromatic heterocycles. The van der Waals surface area contributed by atoms with Crippen LogP contribution in [0, 0.1) is 0 Å². The number of esters is 1. The molecule has 17 heteroatoms. The minimum Gasteiger partial charge on any atom is -0.490 e. The number of benzene rings is 4. The second-order valence-corrected chi connectivity index (χ2v) is 14.3. The minimum atomic E-state index is -5.08. The summed E-state index contributed by atoms with van der Waals surface area (Å²) in [6, 6.07) is 32.4. The summed E-state index contributed by atoms with van der Waals surface area (Å²) in [5.41, 5.74) is 7.24. The third-order valence-corrected chi connectivity index (χ3v) is 10.3. The van der Waals surface area contributed by atoms with Crippen LogP contribution in [0.15, 0.2) is 115 Å². The number of carboxylic acid groups (broad SMARTS) is 1. The molecule has 2 amide bonds. The number of unbranched alkanes of at least 4 members (excludes halogenated alkanes) is 1. The lowest BCUT2D eigenvalue weighted by atomic mass is 9.85. The van der Waals surface area contributed by atoms with Crippen LogP contribution in [0.4, 0.5) is 30.4 Å². The van der Waals surface area contributed by atoms with Gasteiger partial charge < -0.3 is 35.2 Å². The maximum atomic E-state index is 13.9. The normalized spacial score (nSPS) is 17.9. The first-order valence-corrected chi connectivity index (χ1v) is 19.2. The molecule has 320 valence electrons. The molecule has 5 aromatic rings. The van der Waals surface area contributed by atoms with Gasteiger partial charge in [0.1, 0.15) is 29.4 Å². The Labute approximate surface area is 352 Å². The van der Waals surface area contributed by atoms with Crippen LogP contribution in [0.3, 0.4) is 0 Å². The number of halogens is 3. The smallest absolute Gasteiger partial charge is 0.490 e. The number of anilines is 3. The van der Waals surface area contributed by atoms with Crippen molar-refractivity contribution in [3.63, 3.8) is 0 Å². The molecule has 0 spiro atoms. The van der Waals surface area contributed by atoms with Gasteiger partial charge in [0, 0.05) is 24.6 Å². The first-order chi connectivity index (χ1) is 29.7. The largest absolute Gasteiger partial charge is 0.490 e. The summed E-state index contributed by atoms with van der Waals surface area (Å²) in [6.07, 6.45) is -0.267. The zero-order chi connectivity index (χ0) is 44.5. The van der Waals surface area contributed by atoms with Crippen molar-refractivity contribution in [1.82, 2.24) is 15.6 Å². The summed E-state index contributed by atoms with van der Waals surface area (Å²) < 4.78 is 43.2. The summed E-state index contributed by atoms with van der Waals surface area (Å²) in [4.78, 5) is 79.8. The first kappa shape index (κ1) is 44.2. The average molecular weight is 852 g/mol.